The van der Waals surface area contributed by atoms with Crippen LogP contribution in [0.5, 0.6) is 5.75 Å². The van der Waals surface area contributed by atoms with E-state index in [1.807, 2.05) is 0 Å². The Balaban J connectivity index is 1.38. The topological polar surface area (TPSA) is 81.6 Å². The minimum Gasteiger partial charge on any atom is -0.490 e. The highest BCUT2D eigenvalue weighted by Gasteiger charge is 2.46. The number of pyridine rings is 2. The zero-order valence-corrected chi connectivity index (χ0v) is 19.2. The van der Waals surface area contributed by atoms with Gasteiger partial charge in [0.25, 0.3) is 0 Å². The summed E-state index contributed by atoms with van der Waals surface area (Å²) in [5.74, 6) is 0.421. The van der Waals surface area contributed by atoms with E-state index in [0.29, 0.717) is 41.2 Å². The molecule has 1 aliphatic carbocycles. The number of benzene rings is 1. The second-order valence-electron chi connectivity index (χ2n) is 9.63. The number of fused-ring (bicyclic) bond motifs is 2. The summed E-state index contributed by atoms with van der Waals surface area (Å²) in [5.41, 5.74) is 7.24. The number of rotatable bonds is 6. The van der Waals surface area contributed by atoms with Crippen molar-refractivity contribution in [2.24, 2.45) is 11.7 Å². The lowest BCUT2D eigenvalue weighted by atomic mass is 10.1. The highest BCUT2D eigenvalue weighted by Crippen LogP contribution is 2.39. The predicted molar refractivity (Wildman–Crippen MR) is 125 cm³/mol. The number of hydrogen-bond acceptors (Lipinski definition) is 6. The third-order valence-corrected chi connectivity index (χ3v) is 6.82. The molecule has 0 amide bonds. The molecule has 6 rings (SSSR count). The van der Waals surface area contributed by atoms with Gasteiger partial charge in [-0.15, -0.1) is 10.2 Å². The fraction of sp³-hybridized carbons (Fsp3) is 0.400. The number of hydrogen-bond donors (Lipinski definition) is 1. The Kier molecular flexibility index (Phi) is 5.56. The molecule has 2 N–H and O–H groups in total. The number of likely N-dealkylation sites (tertiary alicyclic amines) is 1. The number of alkyl halides is 3. The molecule has 188 valence electrons. The van der Waals surface area contributed by atoms with Crippen LogP contribution in [0.4, 0.5) is 17.6 Å². The van der Waals surface area contributed by atoms with Crippen LogP contribution >= 0.6 is 0 Å². The van der Waals surface area contributed by atoms with Crippen molar-refractivity contribution in [3.8, 4) is 17.3 Å². The number of nitrogens with two attached hydrogens (primary N) is 1. The molecular weight excluding hydrogens is 476 g/mol. The molecule has 36 heavy (non-hydrogen) atoms. The van der Waals surface area contributed by atoms with Crippen molar-refractivity contribution in [1.29, 1.82) is 0 Å². The summed E-state index contributed by atoms with van der Waals surface area (Å²) >= 11 is 0. The van der Waals surface area contributed by atoms with Crippen molar-refractivity contribution < 1.29 is 22.3 Å². The van der Waals surface area contributed by atoms with Gasteiger partial charge in [-0.3, -0.25) is 9.30 Å². The van der Waals surface area contributed by atoms with E-state index in [1.54, 1.807) is 18.2 Å². The Hall–Kier alpha value is -3.31. The van der Waals surface area contributed by atoms with Crippen LogP contribution in [-0.4, -0.2) is 56.4 Å². The first-order valence-electron chi connectivity index (χ1n) is 11.9. The van der Waals surface area contributed by atoms with Gasteiger partial charge in [-0.2, -0.15) is 13.2 Å². The van der Waals surface area contributed by atoms with Gasteiger partial charge in [0, 0.05) is 36.8 Å². The van der Waals surface area contributed by atoms with E-state index in [2.05, 4.69) is 15.2 Å². The average molecular weight is 501 g/mol. The summed E-state index contributed by atoms with van der Waals surface area (Å²) in [7, 11) is 0. The van der Waals surface area contributed by atoms with Crippen molar-refractivity contribution in [3.05, 3.63) is 54.0 Å². The molecule has 7 nitrogen and oxygen atoms in total. The van der Waals surface area contributed by atoms with Gasteiger partial charge in [0.2, 0.25) is 0 Å². The van der Waals surface area contributed by atoms with Gasteiger partial charge in [0.15, 0.2) is 23.0 Å². The molecule has 0 bridgehead atoms. The molecule has 3 aromatic heterocycles. The van der Waals surface area contributed by atoms with Crippen LogP contribution in [0.25, 0.3) is 28.1 Å². The lowest BCUT2D eigenvalue weighted by Crippen LogP contribution is -2.38. The number of aromatic nitrogens is 4. The first-order chi connectivity index (χ1) is 17.3. The number of nitrogens with zero attached hydrogens (tertiary/aromatic N) is 5. The minimum atomic E-state index is -4.48. The summed E-state index contributed by atoms with van der Waals surface area (Å²) in [6, 6.07) is 7.12. The van der Waals surface area contributed by atoms with Crippen molar-refractivity contribution in [1.82, 2.24) is 24.5 Å². The molecule has 1 aliphatic heterocycles. The zero-order chi connectivity index (χ0) is 25.0. The average Bonchev–Trinajstić information content (AvgIpc) is 3.42. The molecule has 4 aromatic rings. The molecule has 11 heteroatoms. The standard InChI is InChI=1S/C25H24F4N6O/c26-18-9-15-3-5-19(31-20(15)10-21(18)36-13-14-1-2-14)24-33-32-22-6-4-16(11-35(22)24)23(25(27,28)29)34-8-7-17(30)12-34/h3-6,9-11,14,17,23H,1-2,7-8,12-13,30H2/t17?,23-/m1/s1. The molecule has 0 radical (unpaired) electrons. The summed E-state index contributed by atoms with van der Waals surface area (Å²) in [6.45, 7) is 0.902. The van der Waals surface area contributed by atoms with Gasteiger partial charge in [0.1, 0.15) is 11.7 Å². The Morgan fingerprint density at radius 1 is 1.08 bits per heavy atom. The van der Waals surface area contributed by atoms with Gasteiger partial charge in [-0.25, -0.2) is 9.37 Å². The van der Waals surface area contributed by atoms with Crippen molar-refractivity contribution in [3.63, 3.8) is 0 Å². The third-order valence-electron chi connectivity index (χ3n) is 6.82. The molecular formula is C25H24F4N6O. The van der Waals surface area contributed by atoms with Crippen molar-refractivity contribution in [2.75, 3.05) is 19.7 Å². The monoisotopic (exact) mass is 500 g/mol. The maximum Gasteiger partial charge on any atom is 0.408 e. The normalized spacial score (nSPS) is 19.9. The Labute approximate surface area is 203 Å². The molecule has 1 saturated carbocycles. The molecule has 2 atom stereocenters. The van der Waals surface area contributed by atoms with Gasteiger partial charge >= 0.3 is 6.18 Å². The predicted octanol–water partition coefficient (Wildman–Crippen LogP) is 4.51. The van der Waals surface area contributed by atoms with Gasteiger partial charge < -0.3 is 10.5 Å². The van der Waals surface area contributed by atoms with E-state index in [4.69, 9.17) is 10.5 Å². The smallest absolute Gasteiger partial charge is 0.408 e. The molecule has 4 heterocycles. The molecule has 1 saturated heterocycles. The lowest BCUT2D eigenvalue weighted by Gasteiger charge is -2.30. The van der Waals surface area contributed by atoms with Crippen LogP contribution in [0.2, 0.25) is 0 Å². The zero-order valence-electron chi connectivity index (χ0n) is 19.2. The largest absolute Gasteiger partial charge is 0.490 e. The summed E-state index contributed by atoms with van der Waals surface area (Å²) < 4.78 is 63.9. The number of ether oxygens (including phenoxy) is 1. The molecule has 1 aromatic carbocycles. The fourth-order valence-electron chi connectivity index (χ4n) is 4.75. The van der Waals surface area contributed by atoms with Crippen LogP contribution in [0.3, 0.4) is 0 Å². The molecule has 1 unspecified atom stereocenters. The van der Waals surface area contributed by atoms with Crippen molar-refractivity contribution in [2.45, 2.75) is 37.5 Å². The molecule has 0 spiro atoms. The van der Waals surface area contributed by atoms with Crippen LogP contribution in [0.15, 0.2) is 42.6 Å². The summed E-state index contributed by atoms with van der Waals surface area (Å²) in [4.78, 5) is 5.97. The molecule has 2 aliphatic rings. The van der Waals surface area contributed by atoms with E-state index in [-0.39, 0.29) is 36.3 Å². The first kappa shape index (κ1) is 23.1. The second-order valence-corrected chi connectivity index (χ2v) is 9.63. The Bertz CT molecular complexity index is 1430. The quantitative estimate of drug-likeness (QED) is 0.393. The maximum atomic E-state index is 14.5. The van der Waals surface area contributed by atoms with Crippen LogP contribution in [-0.2, 0) is 0 Å². The van der Waals surface area contributed by atoms with Crippen molar-refractivity contribution >= 4 is 16.6 Å². The molecule has 2 fully saturated rings. The van der Waals surface area contributed by atoms with Crippen LogP contribution < -0.4 is 10.5 Å². The minimum absolute atomic E-state index is 0.0729. The Morgan fingerprint density at radius 2 is 1.92 bits per heavy atom. The first-order valence-corrected chi connectivity index (χ1v) is 11.9. The van der Waals surface area contributed by atoms with E-state index in [9.17, 15) is 17.6 Å². The fourth-order valence-corrected chi connectivity index (χ4v) is 4.75. The highest BCUT2D eigenvalue weighted by molar-refractivity contribution is 5.82. The second kappa shape index (κ2) is 8.67. The Morgan fingerprint density at radius 3 is 2.64 bits per heavy atom. The van der Waals surface area contributed by atoms with Crippen LogP contribution in [0, 0.1) is 11.7 Å². The van der Waals surface area contributed by atoms with Gasteiger partial charge in [-0.05, 0) is 48.9 Å². The highest BCUT2D eigenvalue weighted by atomic mass is 19.4. The van der Waals surface area contributed by atoms with Gasteiger partial charge in [0.05, 0.1) is 12.1 Å². The SMILES string of the molecule is NC1CCN([C@H](c2ccc3nnc(-c4ccc5cc(F)c(OCC6CC6)cc5n4)n3c2)C(F)(F)F)C1. The summed E-state index contributed by atoms with van der Waals surface area (Å²) in [5, 5.41) is 8.87. The lowest BCUT2D eigenvalue weighted by molar-refractivity contribution is -0.183. The van der Waals surface area contributed by atoms with E-state index in [0.717, 1.165) is 12.8 Å². The van der Waals surface area contributed by atoms with Crippen LogP contribution in [0.1, 0.15) is 30.9 Å². The van der Waals surface area contributed by atoms with E-state index >= 15 is 0 Å². The van der Waals surface area contributed by atoms with E-state index < -0.39 is 18.0 Å². The summed E-state index contributed by atoms with van der Waals surface area (Å²) in [6.07, 6.45) is -0.388. The third kappa shape index (κ3) is 4.37. The number of halogens is 4. The van der Waals surface area contributed by atoms with E-state index in [1.165, 1.54) is 33.7 Å². The maximum absolute atomic E-state index is 14.5. The van der Waals surface area contributed by atoms with Gasteiger partial charge in [-0.1, -0.05) is 12.1 Å².